The van der Waals surface area contributed by atoms with Gasteiger partial charge < -0.3 is 89.9 Å². The predicted octanol–water partition coefficient (Wildman–Crippen LogP) is 10.9. The first kappa shape index (κ1) is 87.6. The maximum atomic E-state index is 13.4. The zero-order valence-electron chi connectivity index (χ0n) is 58.9. The molecule has 17 atom stereocenters. The zero-order chi connectivity index (χ0) is 71.1. The Balaban J connectivity index is 1.34. The average Bonchev–Trinajstić information content (AvgIpc) is 0.785. The van der Waals surface area contributed by atoms with E-state index in [0.29, 0.717) is 12.8 Å². The van der Waals surface area contributed by atoms with Gasteiger partial charge in [0, 0.05) is 6.42 Å². The standard InChI is InChI=1S/C79H127NO18/c1-3-5-7-9-11-13-15-17-18-19-20-21-22-23-24-25-26-27-28-29-30-31-32-33-34-35-36-37-38-39-40-41-42-43-44-45-47-49-51-53-55-57-67(85)80-62(63(84)56-54-52-50-48-46-16-14-12-10-8-6-4-2)61-93-77-73(91)70(88)75(65(59-82)95-77)98-79-74(92)71(89)76(66(60-83)96-79)97-78-72(90)69(87)68(86)64(58-81)94-78/h5,7,11,13,17-18,20-21,23-24,26-27,29-30,32-33,35-36,38-39,41-42,46,48,54,56,62-66,68-79,81-84,86-92H,3-4,6,8-10,12,14-16,19,22,25,28,31,34,37,40,43-45,47,49-53,55,57-61H2,1-2H3,(H,80,85)/b7-5-,13-11-,18-17-,21-20-,24-23-,27-26-,30-29-,33-32-,36-35-,39-38-,42-41-,48-46+,56-54+. The largest absolute Gasteiger partial charge is 0.394 e. The van der Waals surface area contributed by atoms with Crippen molar-refractivity contribution in [3.63, 3.8) is 0 Å². The molecule has 0 spiro atoms. The fraction of sp³-hybridized carbons (Fsp3) is 0.658. The van der Waals surface area contributed by atoms with E-state index in [1.54, 1.807) is 6.08 Å². The van der Waals surface area contributed by atoms with Crippen LogP contribution in [0.4, 0.5) is 0 Å². The molecule has 12 N–H and O–H groups in total. The minimum atomic E-state index is -1.99. The average molecular weight is 1380 g/mol. The van der Waals surface area contributed by atoms with E-state index in [9.17, 15) is 61.0 Å². The first-order valence-electron chi connectivity index (χ1n) is 36.7. The second-order valence-electron chi connectivity index (χ2n) is 25.3. The molecule has 0 saturated carbocycles. The molecule has 3 aliphatic rings. The number of rotatable bonds is 54. The van der Waals surface area contributed by atoms with Crippen LogP contribution in [-0.4, -0.2) is 193 Å². The molecule has 0 bridgehead atoms. The Morgan fingerprint density at radius 3 is 1.14 bits per heavy atom. The smallest absolute Gasteiger partial charge is 0.220 e. The van der Waals surface area contributed by atoms with Crippen molar-refractivity contribution in [3.8, 4) is 0 Å². The van der Waals surface area contributed by atoms with E-state index in [0.717, 1.165) is 135 Å². The fourth-order valence-electron chi connectivity index (χ4n) is 11.2. The summed E-state index contributed by atoms with van der Waals surface area (Å²) in [5, 5.41) is 120. The van der Waals surface area contributed by atoms with Gasteiger partial charge in [-0.2, -0.15) is 0 Å². The first-order chi connectivity index (χ1) is 47.8. The number of hydrogen-bond acceptors (Lipinski definition) is 18. The van der Waals surface area contributed by atoms with Crippen LogP contribution in [0, 0.1) is 0 Å². The molecule has 0 aliphatic carbocycles. The Morgan fingerprint density at radius 2 is 0.714 bits per heavy atom. The molecule has 0 aromatic carbocycles. The number of aliphatic hydroxyl groups excluding tert-OH is 11. The van der Waals surface area contributed by atoms with Crippen LogP contribution in [0.25, 0.3) is 0 Å². The topological polar surface area (TPSA) is 307 Å². The van der Waals surface area contributed by atoms with Gasteiger partial charge in [0.1, 0.15) is 73.2 Å². The van der Waals surface area contributed by atoms with Crippen LogP contribution >= 0.6 is 0 Å². The van der Waals surface area contributed by atoms with Crippen LogP contribution in [0.3, 0.4) is 0 Å². The number of nitrogens with one attached hydrogen (secondary N) is 1. The second kappa shape index (κ2) is 58.0. The number of unbranched alkanes of at least 4 members (excludes halogenated alkanes) is 14. The summed E-state index contributed by atoms with van der Waals surface area (Å²) < 4.78 is 34.3. The van der Waals surface area contributed by atoms with Crippen molar-refractivity contribution < 1.29 is 89.4 Å². The lowest BCUT2D eigenvalue weighted by atomic mass is 9.96. The molecule has 3 rings (SSSR count). The minimum absolute atomic E-state index is 0.212. The zero-order valence-corrected chi connectivity index (χ0v) is 58.9. The predicted molar refractivity (Wildman–Crippen MR) is 387 cm³/mol. The van der Waals surface area contributed by atoms with Gasteiger partial charge in [0.25, 0.3) is 0 Å². The number of hydrogen-bond donors (Lipinski definition) is 12. The number of carbonyl (C=O) groups is 1. The van der Waals surface area contributed by atoms with E-state index in [1.165, 1.54) is 32.1 Å². The van der Waals surface area contributed by atoms with Crippen LogP contribution in [-0.2, 0) is 33.2 Å². The highest BCUT2D eigenvalue weighted by molar-refractivity contribution is 5.76. The monoisotopic (exact) mass is 1380 g/mol. The summed E-state index contributed by atoms with van der Waals surface area (Å²) in [7, 11) is 0. The number of ether oxygens (including phenoxy) is 6. The highest BCUT2D eigenvalue weighted by Crippen LogP contribution is 2.33. The van der Waals surface area contributed by atoms with Crippen LogP contribution in [0.1, 0.15) is 200 Å². The Morgan fingerprint density at radius 1 is 0.378 bits per heavy atom. The van der Waals surface area contributed by atoms with E-state index < -0.39 is 124 Å². The molecule has 3 heterocycles. The van der Waals surface area contributed by atoms with E-state index in [-0.39, 0.29) is 18.9 Å². The van der Waals surface area contributed by atoms with E-state index >= 15 is 0 Å². The minimum Gasteiger partial charge on any atom is -0.394 e. The lowest BCUT2D eigenvalue weighted by Gasteiger charge is -2.48. The van der Waals surface area contributed by atoms with Gasteiger partial charge in [-0.1, -0.05) is 236 Å². The molecule has 98 heavy (non-hydrogen) atoms. The van der Waals surface area contributed by atoms with Crippen molar-refractivity contribution in [3.05, 3.63) is 158 Å². The summed E-state index contributed by atoms with van der Waals surface area (Å²) in [5.74, 6) is -0.305. The summed E-state index contributed by atoms with van der Waals surface area (Å²) in [4.78, 5) is 13.4. The quantitative estimate of drug-likeness (QED) is 0.0199. The second-order valence-corrected chi connectivity index (χ2v) is 25.3. The maximum absolute atomic E-state index is 13.4. The Bertz CT molecular complexity index is 2390. The SMILES string of the molecule is CC/C=C\C/C=C\C/C=C\C/C=C\C/C=C\C/C=C\C/C=C\C/C=C\C/C=C\C/C=C\C/C=C\CCCCCCCCCC(=O)NC(COC1OC(CO)C(OC2OC(CO)C(OC3OC(CO)C(O)C(O)C3O)C(O)C2O)C(O)C1O)C(O)/C=C/CC/C=C/CCCCCCCC. The van der Waals surface area contributed by atoms with Gasteiger partial charge in [-0.15, -0.1) is 0 Å². The van der Waals surface area contributed by atoms with Gasteiger partial charge in [-0.05, 0) is 116 Å². The van der Waals surface area contributed by atoms with Gasteiger partial charge in [0.15, 0.2) is 18.9 Å². The van der Waals surface area contributed by atoms with Crippen LogP contribution in [0.2, 0.25) is 0 Å². The third-order valence-corrected chi connectivity index (χ3v) is 17.1. The normalized spacial score (nSPS) is 27.7. The third kappa shape index (κ3) is 38.4. The molecule has 0 aromatic heterocycles. The van der Waals surface area contributed by atoms with Gasteiger partial charge in [-0.25, -0.2) is 0 Å². The van der Waals surface area contributed by atoms with Gasteiger partial charge >= 0.3 is 0 Å². The Hall–Kier alpha value is -4.59. The number of aliphatic hydroxyl groups is 11. The van der Waals surface area contributed by atoms with Crippen molar-refractivity contribution >= 4 is 5.91 Å². The van der Waals surface area contributed by atoms with Gasteiger partial charge in [0.2, 0.25) is 5.91 Å². The van der Waals surface area contributed by atoms with Crippen LogP contribution in [0.15, 0.2) is 158 Å². The summed E-state index contributed by atoms with van der Waals surface area (Å²) >= 11 is 0. The highest BCUT2D eigenvalue weighted by atomic mass is 16.8. The third-order valence-electron chi connectivity index (χ3n) is 17.1. The molecular formula is C79H127NO18. The summed E-state index contributed by atoms with van der Waals surface area (Å²) in [5.41, 5.74) is 0. The van der Waals surface area contributed by atoms with E-state index in [2.05, 4.69) is 165 Å². The number of allylic oxidation sites excluding steroid dienone is 25. The lowest BCUT2D eigenvalue weighted by molar-refractivity contribution is -0.379. The molecule has 0 radical (unpaired) electrons. The molecule has 0 aromatic rings. The Labute approximate surface area is 586 Å². The van der Waals surface area contributed by atoms with E-state index in [4.69, 9.17) is 28.4 Å². The van der Waals surface area contributed by atoms with Crippen molar-refractivity contribution in [1.29, 1.82) is 0 Å². The summed E-state index contributed by atoms with van der Waals surface area (Å²) in [6.07, 6.45) is 58.1. The molecule has 17 unspecified atom stereocenters. The van der Waals surface area contributed by atoms with Gasteiger partial charge in [0.05, 0.1) is 38.6 Å². The van der Waals surface area contributed by atoms with Crippen molar-refractivity contribution in [2.75, 3.05) is 26.4 Å². The van der Waals surface area contributed by atoms with Crippen molar-refractivity contribution in [1.82, 2.24) is 5.32 Å². The molecule has 3 fully saturated rings. The van der Waals surface area contributed by atoms with Crippen LogP contribution in [0.5, 0.6) is 0 Å². The Kier molecular flexibility index (Phi) is 51.8. The molecule has 3 saturated heterocycles. The van der Waals surface area contributed by atoms with Crippen molar-refractivity contribution in [2.24, 2.45) is 0 Å². The molecule has 19 nitrogen and oxygen atoms in total. The van der Waals surface area contributed by atoms with E-state index in [1.807, 2.05) is 6.08 Å². The molecule has 1 amide bonds. The number of carbonyl (C=O) groups excluding carboxylic acids is 1. The van der Waals surface area contributed by atoms with Gasteiger partial charge in [-0.3, -0.25) is 4.79 Å². The lowest BCUT2D eigenvalue weighted by Crippen LogP contribution is -2.66. The molecule has 19 heteroatoms. The highest BCUT2D eigenvalue weighted by Gasteiger charge is 2.53. The summed E-state index contributed by atoms with van der Waals surface area (Å²) in [6, 6.07) is -1.01. The molecular weight excluding hydrogens is 1250 g/mol. The fourth-order valence-corrected chi connectivity index (χ4v) is 11.2. The van der Waals surface area contributed by atoms with Crippen molar-refractivity contribution in [2.45, 2.75) is 304 Å². The molecule has 3 aliphatic heterocycles. The maximum Gasteiger partial charge on any atom is 0.220 e. The van der Waals surface area contributed by atoms with Crippen LogP contribution < -0.4 is 5.32 Å². The number of amides is 1. The molecule has 556 valence electrons. The summed E-state index contributed by atoms with van der Waals surface area (Å²) in [6.45, 7) is 1.53. The first-order valence-corrected chi connectivity index (χ1v) is 36.7.